The first-order chi connectivity index (χ1) is 9.72. The van der Waals surface area contributed by atoms with Crippen LogP contribution in [-0.4, -0.2) is 29.7 Å². The number of nitrogens with zero attached hydrogens (tertiary/aromatic N) is 2. The fourth-order valence-corrected chi connectivity index (χ4v) is 2.45. The van der Waals surface area contributed by atoms with Crippen LogP contribution in [0.3, 0.4) is 0 Å². The van der Waals surface area contributed by atoms with E-state index in [0.29, 0.717) is 12.1 Å². The van der Waals surface area contributed by atoms with Gasteiger partial charge in [0.2, 0.25) is 5.89 Å². The predicted octanol–water partition coefficient (Wildman–Crippen LogP) is 1.16. The molecular weight excluding hydrogens is 312 g/mol. The average molecular weight is 319 g/mol. The average Bonchev–Trinajstić information content (AvgIpc) is 2.72. The molecule has 11 heteroatoms. The monoisotopic (exact) mass is 319 g/mol. The molecule has 1 heterocycles. The van der Waals surface area contributed by atoms with Crippen LogP contribution >= 0.6 is 0 Å². The first-order valence-electron chi connectivity index (χ1n) is 5.26. The molecule has 0 spiro atoms. The molecule has 0 radical (unpaired) electrons. The van der Waals surface area contributed by atoms with Crippen molar-refractivity contribution in [1.29, 1.82) is 0 Å². The van der Waals surface area contributed by atoms with Crippen LogP contribution < -0.4 is 4.72 Å². The fourth-order valence-electron chi connectivity index (χ4n) is 1.44. The number of rotatable bonds is 4. The Bertz CT molecular complexity index is 818. The molecule has 1 aromatic heterocycles. The molecule has 21 heavy (non-hydrogen) atoms. The number of hydrogen-bond acceptors (Lipinski definition) is 6. The SMILES string of the molecule is Cc1nnc(NS(=O)(=O)c2ccc(F)c(C(=O)O)c2F)o1. The minimum absolute atomic E-state index is 0.0542. The van der Waals surface area contributed by atoms with Gasteiger partial charge in [-0.05, 0) is 12.1 Å². The van der Waals surface area contributed by atoms with Crippen molar-refractivity contribution >= 4 is 22.0 Å². The Hall–Kier alpha value is -2.56. The largest absolute Gasteiger partial charge is 0.477 e. The van der Waals surface area contributed by atoms with E-state index < -0.39 is 44.1 Å². The molecule has 8 nitrogen and oxygen atoms in total. The minimum Gasteiger partial charge on any atom is -0.477 e. The van der Waals surface area contributed by atoms with Crippen LogP contribution in [0.25, 0.3) is 0 Å². The van der Waals surface area contributed by atoms with Gasteiger partial charge in [0.05, 0.1) is 0 Å². The van der Waals surface area contributed by atoms with Gasteiger partial charge in [0, 0.05) is 6.92 Å². The van der Waals surface area contributed by atoms with Crippen LogP contribution in [0.4, 0.5) is 14.8 Å². The maximum absolute atomic E-state index is 13.9. The second kappa shape index (κ2) is 5.09. The summed E-state index contributed by atoms with van der Waals surface area (Å²) >= 11 is 0. The Labute approximate surface area is 116 Å². The lowest BCUT2D eigenvalue weighted by molar-refractivity contribution is 0.0685. The summed E-state index contributed by atoms with van der Waals surface area (Å²) in [7, 11) is -4.55. The van der Waals surface area contributed by atoms with Gasteiger partial charge in [-0.25, -0.2) is 26.7 Å². The van der Waals surface area contributed by atoms with Crippen LogP contribution in [0, 0.1) is 18.6 Å². The standard InChI is InChI=1S/C10H7F2N3O5S/c1-4-13-14-10(20-4)15-21(18,19)6-3-2-5(11)7(8(6)12)9(16)17/h2-3H,1H3,(H,14,15)(H,16,17). The van der Waals surface area contributed by atoms with E-state index in [-0.39, 0.29) is 5.89 Å². The highest BCUT2D eigenvalue weighted by Gasteiger charge is 2.28. The summed E-state index contributed by atoms with van der Waals surface area (Å²) < 4.78 is 57.5. The van der Waals surface area contributed by atoms with Crippen molar-refractivity contribution in [3.05, 3.63) is 35.2 Å². The van der Waals surface area contributed by atoms with Crippen molar-refractivity contribution in [2.24, 2.45) is 0 Å². The molecule has 0 aliphatic carbocycles. The zero-order valence-electron chi connectivity index (χ0n) is 10.3. The van der Waals surface area contributed by atoms with Gasteiger partial charge in [-0.15, -0.1) is 5.10 Å². The zero-order valence-corrected chi connectivity index (χ0v) is 11.1. The molecule has 0 aliphatic rings. The van der Waals surface area contributed by atoms with Crippen molar-refractivity contribution < 1.29 is 31.5 Å². The van der Waals surface area contributed by atoms with Gasteiger partial charge in [-0.1, -0.05) is 5.10 Å². The zero-order chi connectivity index (χ0) is 15.8. The Kier molecular flexibility index (Phi) is 3.60. The Morgan fingerprint density at radius 2 is 2.00 bits per heavy atom. The van der Waals surface area contributed by atoms with Crippen LogP contribution in [-0.2, 0) is 10.0 Å². The number of hydrogen-bond donors (Lipinski definition) is 2. The molecule has 1 aromatic carbocycles. The number of benzene rings is 1. The highest BCUT2D eigenvalue weighted by atomic mass is 32.2. The third-order valence-corrected chi connectivity index (χ3v) is 3.64. The lowest BCUT2D eigenvalue weighted by Crippen LogP contribution is -2.17. The molecule has 0 saturated heterocycles. The van der Waals surface area contributed by atoms with Gasteiger partial charge in [0.15, 0.2) is 5.82 Å². The van der Waals surface area contributed by atoms with Gasteiger partial charge in [0.1, 0.15) is 16.3 Å². The second-order valence-electron chi connectivity index (χ2n) is 3.77. The minimum atomic E-state index is -4.55. The number of anilines is 1. The maximum Gasteiger partial charge on any atom is 0.341 e. The molecule has 0 atom stereocenters. The first kappa shape index (κ1) is 14.8. The second-order valence-corrected chi connectivity index (χ2v) is 5.42. The predicted molar refractivity (Wildman–Crippen MR) is 63.2 cm³/mol. The van der Waals surface area contributed by atoms with E-state index in [4.69, 9.17) is 9.52 Å². The summed E-state index contributed by atoms with van der Waals surface area (Å²) in [5.41, 5.74) is -1.38. The number of carboxylic acids is 1. The number of aromatic nitrogens is 2. The van der Waals surface area contributed by atoms with Gasteiger partial charge in [-0.3, -0.25) is 0 Å². The van der Waals surface area contributed by atoms with Crippen LogP contribution in [0.1, 0.15) is 16.2 Å². The smallest absolute Gasteiger partial charge is 0.341 e. The molecule has 2 rings (SSSR count). The summed E-state index contributed by atoms with van der Waals surface area (Å²) in [6, 6.07) is 0.580. The summed E-state index contributed by atoms with van der Waals surface area (Å²) in [5, 5.41) is 15.4. The lowest BCUT2D eigenvalue weighted by atomic mass is 10.2. The fraction of sp³-hybridized carbons (Fsp3) is 0.100. The van der Waals surface area contributed by atoms with E-state index in [1.54, 1.807) is 4.72 Å². The van der Waals surface area contributed by atoms with E-state index in [2.05, 4.69) is 10.2 Å². The van der Waals surface area contributed by atoms with E-state index in [1.807, 2.05) is 0 Å². The van der Waals surface area contributed by atoms with E-state index in [1.165, 1.54) is 6.92 Å². The van der Waals surface area contributed by atoms with Crippen molar-refractivity contribution in [3.63, 3.8) is 0 Å². The number of halogens is 2. The third-order valence-electron chi connectivity index (χ3n) is 2.31. The molecule has 0 bridgehead atoms. The van der Waals surface area contributed by atoms with Crippen molar-refractivity contribution in [1.82, 2.24) is 10.2 Å². The van der Waals surface area contributed by atoms with Gasteiger partial charge >= 0.3 is 12.0 Å². The maximum atomic E-state index is 13.9. The topological polar surface area (TPSA) is 122 Å². The van der Waals surface area contributed by atoms with Gasteiger partial charge in [-0.2, -0.15) is 0 Å². The van der Waals surface area contributed by atoms with E-state index >= 15 is 0 Å². The van der Waals surface area contributed by atoms with Gasteiger partial charge in [0.25, 0.3) is 10.0 Å². The number of aromatic carboxylic acids is 1. The van der Waals surface area contributed by atoms with E-state index in [0.717, 1.165) is 0 Å². The number of carbonyl (C=O) groups is 1. The Morgan fingerprint density at radius 3 is 2.52 bits per heavy atom. The summed E-state index contributed by atoms with van der Waals surface area (Å²) in [5.74, 6) is -5.01. The molecule has 0 amide bonds. The summed E-state index contributed by atoms with van der Waals surface area (Å²) in [6.07, 6.45) is 0. The molecule has 0 saturated carbocycles. The highest BCUT2D eigenvalue weighted by molar-refractivity contribution is 7.92. The molecule has 2 N–H and O–H groups in total. The summed E-state index contributed by atoms with van der Waals surface area (Å²) in [4.78, 5) is 9.69. The Balaban J connectivity index is 2.50. The number of sulfonamides is 1. The van der Waals surface area contributed by atoms with Crippen molar-refractivity contribution in [2.75, 3.05) is 4.72 Å². The van der Waals surface area contributed by atoms with Crippen molar-refractivity contribution in [2.45, 2.75) is 11.8 Å². The lowest BCUT2D eigenvalue weighted by Gasteiger charge is -2.07. The molecular formula is C10H7F2N3O5S. The summed E-state index contributed by atoms with van der Waals surface area (Å²) in [6.45, 7) is 1.39. The highest BCUT2D eigenvalue weighted by Crippen LogP contribution is 2.23. The van der Waals surface area contributed by atoms with Crippen molar-refractivity contribution in [3.8, 4) is 0 Å². The van der Waals surface area contributed by atoms with Crippen LogP contribution in [0.15, 0.2) is 21.4 Å². The number of aryl methyl sites for hydroxylation is 1. The Morgan fingerprint density at radius 1 is 1.33 bits per heavy atom. The molecule has 0 unspecified atom stereocenters. The van der Waals surface area contributed by atoms with Crippen LogP contribution in [0.2, 0.25) is 0 Å². The third kappa shape index (κ3) is 2.81. The van der Waals surface area contributed by atoms with Crippen LogP contribution in [0.5, 0.6) is 0 Å². The molecule has 0 fully saturated rings. The van der Waals surface area contributed by atoms with Gasteiger partial charge < -0.3 is 9.52 Å². The molecule has 112 valence electrons. The number of carboxylic acid groups (broad SMARTS) is 1. The number of nitrogens with one attached hydrogen (secondary N) is 1. The molecule has 2 aromatic rings. The van der Waals surface area contributed by atoms with E-state index in [9.17, 15) is 22.0 Å². The first-order valence-corrected chi connectivity index (χ1v) is 6.75. The quantitative estimate of drug-likeness (QED) is 0.866. The molecule has 0 aliphatic heterocycles. The normalized spacial score (nSPS) is 11.4.